The molecule has 0 aliphatic carbocycles. The van der Waals surface area contributed by atoms with Crippen LogP contribution in [0.25, 0.3) is 0 Å². The molecule has 0 saturated heterocycles. The largest absolute Gasteiger partial charge is 0.466 e. The fraction of sp³-hybridized carbons (Fsp3) is 0.267. The number of carbonyl (C=O) groups excluding carboxylic acids is 2. The van der Waals surface area contributed by atoms with Gasteiger partial charge in [-0.05, 0) is 6.07 Å². The molecule has 0 bridgehead atoms. The predicted molar refractivity (Wildman–Crippen MR) is 82.2 cm³/mol. The first-order valence-corrected chi connectivity index (χ1v) is 6.88. The quantitative estimate of drug-likeness (QED) is 0.442. The number of nitriles is 1. The van der Waals surface area contributed by atoms with Gasteiger partial charge in [-0.25, -0.2) is 9.59 Å². The maximum Gasteiger partial charge on any atom is 0.355 e. The maximum absolute atomic E-state index is 12.2. The van der Waals surface area contributed by atoms with Crippen LogP contribution < -0.4 is 4.90 Å². The standard InChI is InChI=1S/C15H13N3O7/c1-23-14(19)11-7-25-8-17(13(11)15(20)24-2)12-4-3-10(18(21)22)5-9(12)6-16/h3-5H,7-8H2,1-2H3. The lowest BCUT2D eigenvalue weighted by Crippen LogP contribution is -2.39. The fourth-order valence-corrected chi connectivity index (χ4v) is 2.30. The van der Waals surface area contributed by atoms with Crippen LogP contribution in [0.5, 0.6) is 0 Å². The van der Waals surface area contributed by atoms with Crippen molar-refractivity contribution < 1.29 is 28.7 Å². The Balaban J connectivity index is 2.64. The summed E-state index contributed by atoms with van der Waals surface area (Å²) >= 11 is 0. The minimum atomic E-state index is -0.828. The molecule has 0 spiro atoms. The summed E-state index contributed by atoms with van der Waals surface area (Å²) in [4.78, 5) is 35.6. The van der Waals surface area contributed by atoms with Crippen molar-refractivity contribution in [2.75, 3.05) is 32.5 Å². The van der Waals surface area contributed by atoms with Crippen LogP contribution in [0.2, 0.25) is 0 Å². The van der Waals surface area contributed by atoms with Gasteiger partial charge in [0, 0.05) is 12.1 Å². The van der Waals surface area contributed by atoms with E-state index in [4.69, 9.17) is 9.47 Å². The molecule has 0 unspecified atom stereocenters. The van der Waals surface area contributed by atoms with Crippen LogP contribution in [0, 0.1) is 21.4 Å². The Hall–Kier alpha value is -3.45. The highest BCUT2D eigenvalue weighted by Crippen LogP contribution is 2.31. The molecular weight excluding hydrogens is 334 g/mol. The van der Waals surface area contributed by atoms with Crippen molar-refractivity contribution >= 4 is 23.3 Å². The van der Waals surface area contributed by atoms with Crippen molar-refractivity contribution in [3.05, 3.63) is 45.1 Å². The summed E-state index contributed by atoms with van der Waals surface area (Å²) in [5.41, 5.74) is -0.413. The van der Waals surface area contributed by atoms with E-state index in [0.29, 0.717) is 0 Å². The number of methoxy groups -OCH3 is 2. The van der Waals surface area contributed by atoms with Crippen molar-refractivity contribution in [3.63, 3.8) is 0 Å². The molecule has 130 valence electrons. The number of anilines is 1. The molecule has 0 fully saturated rings. The average Bonchev–Trinajstić information content (AvgIpc) is 2.65. The number of esters is 2. The predicted octanol–water partition coefficient (Wildman–Crippen LogP) is 0.861. The van der Waals surface area contributed by atoms with Crippen molar-refractivity contribution in [1.29, 1.82) is 5.26 Å². The molecule has 1 aliphatic heterocycles. The highest BCUT2D eigenvalue weighted by molar-refractivity contribution is 6.03. The zero-order chi connectivity index (χ0) is 18.6. The van der Waals surface area contributed by atoms with E-state index in [0.717, 1.165) is 20.3 Å². The zero-order valence-corrected chi connectivity index (χ0v) is 13.3. The van der Waals surface area contributed by atoms with Gasteiger partial charge in [0.05, 0.1) is 42.6 Å². The molecule has 2 rings (SSSR count). The van der Waals surface area contributed by atoms with E-state index in [9.17, 15) is 25.0 Å². The van der Waals surface area contributed by atoms with Crippen LogP contribution in [0.1, 0.15) is 5.56 Å². The third-order valence-electron chi connectivity index (χ3n) is 3.44. The Morgan fingerprint density at radius 2 is 2.00 bits per heavy atom. The highest BCUT2D eigenvalue weighted by Gasteiger charge is 2.33. The molecule has 1 aromatic rings. The molecule has 0 amide bonds. The number of carbonyl (C=O) groups is 2. The average molecular weight is 347 g/mol. The summed E-state index contributed by atoms with van der Waals surface area (Å²) in [6.45, 7) is -0.333. The Morgan fingerprint density at radius 3 is 2.56 bits per heavy atom. The fourth-order valence-electron chi connectivity index (χ4n) is 2.30. The van der Waals surface area contributed by atoms with E-state index in [1.165, 1.54) is 17.0 Å². The molecule has 25 heavy (non-hydrogen) atoms. The molecule has 0 saturated carbocycles. The van der Waals surface area contributed by atoms with Crippen LogP contribution in [0.3, 0.4) is 0 Å². The van der Waals surface area contributed by atoms with Gasteiger partial charge in [0.1, 0.15) is 18.5 Å². The van der Waals surface area contributed by atoms with E-state index in [-0.39, 0.29) is 41.5 Å². The van der Waals surface area contributed by atoms with Crippen LogP contribution in [0.4, 0.5) is 11.4 Å². The number of nitrogens with zero attached hydrogens (tertiary/aromatic N) is 3. The number of ether oxygens (including phenoxy) is 3. The third-order valence-corrected chi connectivity index (χ3v) is 3.44. The second-order valence-electron chi connectivity index (χ2n) is 4.79. The normalized spacial score (nSPS) is 13.9. The Bertz CT molecular complexity index is 810. The monoisotopic (exact) mass is 347 g/mol. The second-order valence-corrected chi connectivity index (χ2v) is 4.79. The lowest BCUT2D eigenvalue weighted by molar-refractivity contribution is -0.384. The summed E-state index contributed by atoms with van der Waals surface area (Å²) in [7, 11) is 2.29. The molecule has 10 nitrogen and oxygen atoms in total. The number of hydrogen-bond donors (Lipinski definition) is 0. The summed E-state index contributed by atoms with van der Waals surface area (Å²) in [5.74, 6) is -1.61. The molecule has 10 heteroatoms. The minimum Gasteiger partial charge on any atom is -0.466 e. The Morgan fingerprint density at radius 1 is 1.32 bits per heavy atom. The summed E-state index contributed by atoms with van der Waals surface area (Å²) in [5, 5.41) is 20.2. The van der Waals surface area contributed by atoms with E-state index in [1.807, 2.05) is 6.07 Å². The summed E-state index contributed by atoms with van der Waals surface area (Å²) < 4.78 is 14.6. The lowest BCUT2D eigenvalue weighted by Gasteiger charge is -2.31. The number of hydrogen-bond acceptors (Lipinski definition) is 9. The van der Waals surface area contributed by atoms with Gasteiger partial charge < -0.3 is 19.1 Å². The first kappa shape index (κ1) is 17.9. The minimum absolute atomic E-state index is 0.0645. The van der Waals surface area contributed by atoms with Crippen molar-refractivity contribution in [3.8, 4) is 6.07 Å². The number of nitro benzene ring substituents is 1. The van der Waals surface area contributed by atoms with Crippen LogP contribution >= 0.6 is 0 Å². The number of non-ortho nitro benzene ring substituents is 1. The SMILES string of the molecule is COC(=O)C1=C(C(=O)OC)N(c2ccc([N+](=O)[O-])cc2C#N)COC1. The molecule has 0 N–H and O–H groups in total. The Labute approximate surface area is 141 Å². The lowest BCUT2D eigenvalue weighted by atomic mass is 10.1. The van der Waals surface area contributed by atoms with Gasteiger partial charge in [0.25, 0.3) is 5.69 Å². The van der Waals surface area contributed by atoms with Gasteiger partial charge in [-0.1, -0.05) is 0 Å². The van der Waals surface area contributed by atoms with Crippen molar-refractivity contribution in [1.82, 2.24) is 0 Å². The number of benzene rings is 1. The smallest absolute Gasteiger partial charge is 0.355 e. The van der Waals surface area contributed by atoms with Crippen molar-refractivity contribution in [2.24, 2.45) is 0 Å². The molecular formula is C15H13N3O7. The number of rotatable bonds is 4. The first-order valence-electron chi connectivity index (χ1n) is 6.88. The van der Waals surface area contributed by atoms with Crippen molar-refractivity contribution in [2.45, 2.75) is 0 Å². The zero-order valence-electron chi connectivity index (χ0n) is 13.3. The molecule has 1 heterocycles. The maximum atomic E-state index is 12.2. The van der Waals surface area contributed by atoms with Gasteiger partial charge in [-0.2, -0.15) is 5.26 Å². The second kappa shape index (κ2) is 7.41. The van der Waals surface area contributed by atoms with Gasteiger partial charge >= 0.3 is 11.9 Å². The molecule has 1 aliphatic rings. The first-order chi connectivity index (χ1) is 11.9. The Kier molecular flexibility index (Phi) is 5.31. The van der Waals surface area contributed by atoms with Crippen LogP contribution in [-0.4, -0.2) is 44.4 Å². The molecule has 1 aromatic carbocycles. The highest BCUT2D eigenvalue weighted by atomic mass is 16.6. The van der Waals surface area contributed by atoms with E-state index >= 15 is 0 Å². The van der Waals surface area contributed by atoms with E-state index in [1.54, 1.807) is 0 Å². The topological polar surface area (TPSA) is 132 Å². The van der Waals surface area contributed by atoms with Gasteiger partial charge in [-0.15, -0.1) is 0 Å². The van der Waals surface area contributed by atoms with Crippen LogP contribution in [-0.2, 0) is 23.8 Å². The van der Waals surface area contributed by atoms with Gasteiger partial charge in [-0.3, -0.25) is 10.1 Å². The molecule has 0 atom stereocenters. The van der Waals surface area contributed by atoms with Crippen LogP contribution in [0.15, 0.2) is 29.5 Å². The summed E-state index contributed by atoms with van der Waals surface area (Å²) in [6.07, 6.45) is 0. The van der Waals surface area contributed by atoms with Gasteiger partial charge in [0.15, 0.2) is 0 Å². The van der Waals surface area contributed by atoms with Gasteiger partial charge in [0.2, 0.25) is 0 Å². The molecule has 0 aromatic heterocycles. The molecule has 0 radical (unpaired) electrons. The number of nitro groups is 1. The van der Waals surface area contributed by atoms with E-state index in [2.05, 4.69) is 4.74 Å². The third kappa shape index (κ3) is 3.41. The summed E-state index contributed by atoms with van der Waals surface area (Å²) in [6, 6.07) is 5.37. The van der Waals surface area contributed by atoms with E-state index < -0.39 is 16.9 Å².